The number of nitrogens with one attached hydrogen (secondary N) is 1. The Bertz CT molecular complexity index is 1080. The van der Waals surface area contributed by atoms with E-state index in [1.807, 2.05) is 0 Å². The molecule has 3 aromatic rings. The van der Waals surface area contributed by atoms with Crippen LogP contribution in [0.3, 0.4) is 0 Å². The molecule has 0 radical (unpaired) electrons. The Morgan fingerprint density at radius 1 is 1.26 bits per heavy atom. The highest BCUT2D eigenvalue weighted by molar-refractivity contribution is 6.30. The van der Waals surface area contributed by atoms with Crippen LogP contribution in [0.1, 0.15) is 41.3 Å². The van der Waals surface area contributed by atoms with Gasteiger partial charge in [-0.15, -0.1) is 0 Å². The highest BCUT2D eigenvalue weighted by Gasteiger charge is 2.37. The molecule has 162 valence electrons. The SMILES string of the molecule is O=C(NCc1nc(C(F)(F)F)no1)c1cnc(OC2CCC2)c(-c2ccc(Cl)cc2)c1. The van der Waals surface area contributed by atoms with Gasteiger partial charge < -0.3 is 14.6 Å². The molecule has 1 aliphatic rings. The van der Waals surface area contributed by atoms with Gasteiger partial charge in [-0.25, -0.2) is 4.98 Å². The summed E-state index contributed by atoms with van der Waals surface area (Å²) in [5, 5.41) is 5.86. The summed E-state index contributed by atoms with van der Waals surface area (Å²) in [7, 11) is 0. The number of aromatic nitrogens is 3. The van der Waals surface area contributed by atoms with Gasteiger partial charge >= 0.3 is 6.18 Å². The summed E-state index contributed by atoms with van der Waals surface area (Å²) in [5.41, 5.74) is 1.56. The maximum atomic E-state index is 12.6. The molecule has 2 heterocycles. The van der Waals surface area contributed by atoms with Gasteiger partial charge in [0, 0.05) is 16.8 Å². The van der Waals surface area contributed by atoms with E-state index >= 15 is 0 Å². The van der Waals surface area contributed by atoms with Crippen molar-refractivity contribution in [3.05, 3.63) is 58.8 Å². The molecule has 1 saturated carbocycles. The van der Waals surface area contributed by atoms with Gasteiger partial charge in [0.2, 0.25) is 11.8 Å². The zero-order valence-electron chi connectivity index (χ0n) is 15.9. The molecule has 0 atom stereocenters. The topological polar surface area (TPSA) is 90.1 Å². The minimum Gasteiger partial charge on any atom is -0.474 e. The number of pyridine rings is 1. The Kier molecular flexibility index (Phi) is 5.81. The number of benzene rings is 1. The van der Waals surface area contributed by atoms with Gasteiger partial charge in [0.1, 0.15) is 6.10 Å². The third-order valence-corrected chi connectivity index (χ3v) is 4.97. The number of ether oxygens (including phenoxy) is 1. The Balaban J connectivity index is 1.53. The minimum absolute atomic E-state index is 0.0820. The van der Waals surface area contributed by atoms with Crippen molar-refractivity contribution in [3.63, 3.8) is 0 Å². The molecule has 31 heavy (non-hydrogen) atoms. The van der Waals surface area contributed by atoms with E-state index in [-0.39, 0.29) is 24.1 Å². The van der Waals surface area contributed by atoms with Crippen LogP contribution in [-0.4, -0.2) is 27.1 Å². The lowest BCUT2D eigenvalue weighted by Gasteiger charge is -2.26. The lowest BCUT2D eigenvalue weighted by molar-refractivity contribution is -0.146. The summed E-state index contributed by atoms with van der Waals surface area (Å²) in [5.74, 6) is -1.93. The van der Waals surface area contributed by atoms with Crippen LogP contribution in [0.4, 0.5) is 13.2 Å². The molecule has 0 aliphatic heterocycles. The summed E-state index contributed by atoms with van der Waals surface area (Å²) < 4.78 is 48.1. The van der Waals surface area contributed by atoms with Crippen molar-refractivity contribution in [2.45, 2.75) is 38.1 Å². The Labute approximate surface area is 179 Å². The third kappa shape index (κ3) is 4.96. The zero-order valence-corrected chi connectivity index (χ0v) is 16.7. The fourth-order valence-electron chi connectivity index (χ4n) is 2.85. The largest absolute Gasteiger partial charge is 0.474 e. The van der Waals surface area contributed by atoms with Crippen LogP contribution in [0.25, 0.3) is 11.1 Å². The molecule has 1 amide bonds. The fourth-order valence-corrected chi connectivity index (χ4v) is 2.98. The lowest BCUT2D eigenvalue weighted by atomic mass is 9.96. The van der Waals surface area contributed by atoms with Crippen molar-refractivity contribution in [2.75, 3.05) is 0 Å². The van der Waals surface area contributed by atoms with Crippen molar-refractivity contribution in [3.8, 4) is 17.0 Å². The van der Waals surface area contributed by atoms with Crippen LogP contribution in [-0.2, 0) is 12.7 Å². The summed E-state index contributed by atoms with van der Waals surface area (Å²) >= 11 is 5.96. The summed E-state index contributed by atoms with van der Waals surface area (Å²) in [4.78, 5) is 20.0. The van der Waals surface area contributed by atoms with E-state index in [1.54, 1.807) is 30.3 Å². The molecular weight excluding hydrogens is 437 g/mol. The summed E-state index contributed by atoms with van der Waals surface area (Å²) in [6.45, 7) is -0.363. The summed E-state index contributed by atoms with van der Waals surface area (Å²) in [6.07, 6.45) is -0.328. The van der Waals surface area contributed by atoms with Gasteiger partial charge in [-0.3, -0.25) is 4.79 Å². The zero-order chi connectivity index (χ0) is 22.0. The quantitative estimate of drug-likeness (QED) is 0.584. The molecule has 0 bridgehead atoms. The first kappa shape index (κ1) is 21.1. The fraction of sp³-hybridized carbons (Fsp3) is 0.300. The molecule has 0 spiro atoms. The third-order valence-electron chi connectivity index (χ3n) is 4.72. The highest BCUT2D eigenvalue weighted by Crippen LogP contribution is 2.33. The molecule has 1 N–H and O–H groups in total. The molecule has 4 rings (SSSR count). The first-order valence-corrected chi connectivity index (χ1v) is 9.78. The minimum atomic E-state index is -4.72. The summed E-state index contributed by atoms with van der Waals surface area (Å²) in [6, 6.07) is 8.60. The van der Waals surface area contributed by atoms with E-state index < -0.39 is 17.9 Å². The number of nitrogens with zero attached hydrogens (tertiary/aromatic N) is 3. The molecule has 1 aliphatic carbocycles. The van der Waals surface area contributed by atoms with Crippen molar-refractivity contribution in [1.82, 2.24) is 20.4 Å². The molecule has 11 heteroatoms. The normalized spacial score (nSPS) is 14.2. The van der Waals surface area contributed by atoms with Gasteiger partial charge in [-0.2, -0.15) is 18.2 Å². The number of carbonyl (C=O) groups excluding carboxylic acids is 1. The molecule has 0 saturated heterocycles. The molecular formula is C20H16ClF3N4O3. The van der Waals surface area contributed by atoms with Gasteiger partial charge in [0.05, 0.1) is 12.1 Å². The van der Waals surface area contributed by atoms with Crippen LogP contribution in [0.15, 0.2) is 41.1 Å². The number of hydrogen-bond donors (Lipinski definition) is 1. The van der Waals surface area contributed by atoms with E-state index in [0.29, 0.717) is 16.5 Å². The average molecular weight is 453 g/mol. The maximum Gasteiger partial charge on any atom is 0.455 e. The van der Waals surface area contributed by atoms with Gasteiger partial charge in [-0.1, -0.05) is 28.9 Å². The first-order valence-electron chi connectivity index (χ1n) is 9.40. The number of hydrogen-bond acceptors (Lipinski definition) is 6. The second-order valence-electron chi connectivity index (χ2n) is 6.95. The van der Waals surface area contributed by atoms with Crippen LogP contribution >= 0.6 is 11.6 Å². The van der Waals surface area contributed by atoms with Gasteiger partial charge in [0.25, 0.3) is 11.7 Å². The smallest absolute Gasteiger partial charge is 0.455 e. The van der Waals surface area contributed by atoms with Crippen LogP contribution in [0.5, 0.6) is 5.88 Å². The van der Waals surface area contributed by atoms with Gasteiger partial charge in [-0.05, 0) is 43.0 Å². The van der Waals surface area contributed by atoms with Crippen LogP contribution in [0, 0.1) is 0 Å². The second-order valence-corrected chi connectivity index (χ2v) is 7.38. The average Bonchev–Trinajstić information content (AvgIpc) is 3.19. The molecule has 2 aromatic heterocycles. The van der Waals surface area contributed by atoms with E-state index in [4.69, 9.17) is 16.3 Å². The molecule has 1 aromatic carbocycles. The lowest BCUT2D eigenvalue weighted by Crippen LogP contribution is -2.26. The van der Waals surface area contributed by atoms with Gasteiger partial charge in [0.15, 0.2) is 0 Å². The number of halogens is 4. The van der Waals surface area contributed by atoms with E-state index in [1.165, 1.54) is 6.20 Å². The Hall–Kier alpha value is -3.14. The van der Waals surface area contributed by atoms with Crippen molar-refractivity contribution in [2.24, 2.45) is 0 Å². The van der Waals surface area contributed by atoms with Crippen molar-refractivity contribution >= 4 is 17.5 Å². The number of amides is 1. The van der Waals surface area contributed by atoms with E-state index in [2.05, 4.69) is 25.0 Å². The standard InChI is InChI=1S/C20H16ClF3N4O3/c21-13-6-4-11(5-7-13)15-8-12(9-26-18(15)30-14-2-1-3-14)17(29)25-10-16-27-19(28-31-16)20(22,23)24/h4-9,14H,1-3,10H2,(H,25,29). The maximum absolute atomic E-state index is 12.6. The van der Waals surface area contributed by atoms with Crippen LogP contribution < -0.4 is 10.1 Å². The molecule has 1 fully saturated rings. The first-order chi connectivity index (χ1) is 14.8. The Morgan fingerprint density at radius 3 is 2.61 bits per heavy atom. The molecule has 7 nitrogen and oxygen atoms in total. The highest BCUT2D eigenvalue weighted by atomic mass is 35.5. The number of carbonyl (C=O) groups is 1. The van der Waals surface area contributed by atoms with Crippen molar-refractivity contribution in [1.29, 1.82) is 0 Å². The van der Waals surface area contributed by atoms with Crippen molar-refractivity contribution < 1.29 is 27.2 Å². The van der Waals surface area contributed by atoms with Crippen LogP contribution in [0.2, 0.25) is 5.02 Å². The number of rotatable bonds is 6. The number of alkyl halides is 3. The van der Waals surface area contributed by atoms with E-state index in [0.717, 1.165) is 24.8 Å². The van der Waals surface area contributed by atoms with E-state index in [9.17, 15) is 18.0 Å². The second kappa shape index (κ2) is 8.54. The predicted molar refractivity (Wildman–Crippen MR) is 103 cm³/mol. The Morgan fingerprint density at radius 2 is 2.00 bits per heavy atom. The molecule has 0 unspecified atom stereocenters. The predicted octanol–water partition coefficient (Wildman–Crippen LogP) is 4.67. The monoisotopic (exact) mass is 452 g/mol.